The molecule has 1 amide bonds. The van der Waals surface area contributed by atoms with Gasteiger partial charge < -0.3 is 0 Å². The zero-order chi connectivity index (χ0) is 16.8. The average Bonchev–Trinajstić information content (AvgIpc) is 2.50. The first kappa shape index (κ1) is 17.0. The van der Waals surface area contributed by atoms with E-state index in [9.17, 15) is 9.18 Å². The second-order valence-electron chi connectivity index (χ2n) is 4.88. The van der Waals surface area contributed by atoms with Crippen LogP contribution in [0.3, 0.4) is 0 Å². The van der Waals surface area contributed by atoms with Crippen molar-refractivity contribution in [2.45, 2.75) is 19.0 Å². The van der Waals surface area contributed by atoms with Gasteiger partial charge in [0.1, 0.15) is 5.82 Å². The lowest BCUT2D eigenvalue weighted by Gasteiger charge is -2.11. The highest BCUT2D eigenvalue weighted by Crippen LogP contribution is 2.13. The number of benzene rings is 1. The van der Waals surface area contributed by atoms with E-state index in [0.717, 1.165) is 11.4 Å². The summed E-state index contributed by atoms with van der Waals surface area (Å²) in [6.45, 7) is 7.55. The monoisotopic (exact) mass is 332 g/mol. The Kier molecular flexibility index (Phi) is 5.70. The number of nitrogens with zero attached hydrogens (tertiary/aromatic N) is 2. The van der Waals surface area contributed by atoms with Gasteiger partial charge in [0.05, 0.1) is 11.4 Å². The smallest absolute Gasteiger partial charge is 0.248 e. The molecule has 23 heavy (non-hydrogen) atoms. The molecule has 1 aromatic carbocycles. The molecule has 0 unspecified atom stereocenters. The Bertz CT molecular complexity index is 698. The third-order valence-electron chi connectivity index (χ3n) is 2.84. The lowest BCUT2D eigenvalue weighted by molar-refractivity contribution is -0.119. The Labute approximate surface area is 138 Å². The van der Waals surface area contributed by atoms with Crippen molar-refractivity contribution in [3.63, 3.8) is 0 Å². The average molecular weight is 332 g/mol. The van der Waals surface area contributed by atoms with E-state index in [1.54, 1.807) is 12.1 Å². The topological polar surface area (TPSA) is 66.9 Å². The van der Waals surface area contributed by atoms with Crippen LogP contribution in [0.1, 0.15) is 17.0 Å². The van der Waals surface area contributed by atoms with Gasteiger partial charge in [0.2, 0.25) is 5.91 Å². The molecule has 0 saturated carbocycles. The van der Waals surface area contributed by atoms with Gasteiger partial charge in [-0.15, -0.1) is 0 Å². The van der Waals surface area contributed by atoms with Crippen LogP contribution in [0.5, 0.6) is 0 Å². The maximum Gasteiger partial charge on any atom is 0.248 e. The maximum atomic E-state index is 12.8. The molecule has 5 nitrogen and oxygen atoms in total. The summed E-state index contributed by atoms with van der Waals surface area (Å²) in [4.78, 5) is 20.3. The fraction of sp³-hybridized carbons (Fsp3) is 0.188. The first-order valence-corrected chi connectivity index (χ1v) is 7.87. The number of hydrogen-bond acceptors (Lipinski definition) is 5. The zero-order valence-electron chi connectivity index (χ0n) is 12.9. The van der Waals surface area contributed by atoms with Crippen molar-refractivity contribution >= 4 is 23.4 Å². The molecule has 2 N–H and O–H groups in total. The van der Waals surface area contributed by atoms with Crippen molar-refractivity contribution in [1.82, 2.24) is 20.8 Å². The van der Waals surface area contributed by atoms with E-state index >= 15 is 0 Å². The second kappa shape index (κ2) is 7.73. The second-order valence-corrected chi connectivity index (χ2v) is 5.82. The van der Waals surface area contributed by atoms with Crippen molar-refractivity contribution in [2.75, 3.05) is 5.75 Å². The lowest BCUT2D eigenvalue weighted by Crippen LogP contribution is -2.37. The number of carbonyl (C=O) groups excluding carboxylic acids is 1. The van der Waals surface area contributed by atoms with Crippen molar-refractivity contribution in [3.05, 3.63) is 59.7 Å². The van der Waals surface area contributed by atoms with E-state index in [4.69, 9.17) is 0 Å². The van der Waals surface area contributed by atoms with Crippen molar-refractivity contribution in [3.8, 4) is 0 Å². The van der Waals surface area contributed by atoms with Crippen molar-refractivity contribution in [1.29, 1.82) is 0 Å². The van der Waals surface area contributed by atoms with E-state index in [0.29, 0.717) is 16.4 Å². The summed E-state index contributed by atoms with van der Waals surface area (Å²) in [6, 6.07) is 7.69. The van der Waals surface area contributed by atoms with Crippen LogP contribution in [0.15, 0.2) is 42.1 Å². The Balaban J connectivity index is 1.80. The summed E-state index contributed by atoms with van der Waals surface area (Å²) in [5, 5.41) is 0.565. The minimum Gasteiger partial charge on any atom is -0.299 e. The standard InChI is InChI=1S/C16H17FN4OS/c1-10-8-11(2)19-16(18-10)23-9-15(22)21-20-12(3)13-4-6-14(17)7-5-13/h4-8,20H,3,9H2,1-2H3,(H,21,22). The van der Waals surface area contributed by atoms with Crippen LogP contribution in [0.25, 0.3) is 5.70 Å². The third kappa shape index (κ3) is 5.37. The summed E-state index contributed by atoms with van der Waals surface area (Å²) in [5.41, 5.74) is 8.14. The number of aromatic nitrogens is 2. The van der Waals surface area contributed by atoms with Crippen molar-refractivity contribution < 1.29 is 9.18 Å². The predicted octanol–water partition coefficient (Wildman–Crippen LogP) is 2.62. The van der Waals surface area contributed by atoms with Crippen LogP contribution >= 0.6 is 11.8 Å². The Morgan fingerprint density at radius 2 is 1.78 bits per heavy atom. The summed E-state index contributed by atoms with van der Waals surface area (Å²) in [6.07, 6.45) is 0. The molecule has 2 aromatic rings. The first-order valence-electron chi connectivity index (χ1n) is 6.89. The fourth-order valence-corrected chi connectivity index (χ4v) is 2.54. The quantitative estimate of drug-likeness (QED) is 0.483. The molecule has 0 atom stereocenters. The number of hydrazine groups is 1. The van der Waals surface area contributed by atoms with Crippen LogP contribution in [0.2, 0.25) is 0 Å². The molecule has 2 rings (SSSR count). The van der Waals surface area contributed by atoms with E-state index < -0.39 is 0 Å². The van der Waals surface area contributed by atoms with Crippen LogP contribution in [-0.4, -0.2) is 21.6 Å². The summed E-state index contributed by atoms with van der Waals surface area (Å²) in [7, 11) is 0. The highest BCUT2D eigenvalue weighted by Gasteiger charge is 2.07. The van der Waals surface area contributed by atoms with E-state index in [-0.39, 0.29) is 17.5 Å². The highest BCUT2D eigenvalue weighted by atomic mass is 32.2. The largest absolute Gasteiger partial charge is 0.299 e. The highest BCUT2D eigenvalue weighted by molar-refractivity contribution is 7.99. The molecule has 7 heteroatoms. The minimum absolute atomic E-state index is 0.173. The number of amides is 1. The van der Waals surface area contributed by atoms with Crippen LogP contribution in [-0.2, 0) is 4.79 Å². The lowest BCUT2D eigenvalue weighted by atomic mass is 10.2. The van der Waals surface area contributed by atoms with Gasteiger partial charge >= 0.3 is 0 Å². The van der Waals surface area contributed by atoms with Gasteiger partial charge in [0.25, 0.3) is 0 Å². The Morgan fingerprint density at radius 1 is 1.17 bits per heavy atom. The molecule has 0 aliphatic heterocycles. The Hall–Kier alpha value is -2.41. The van der Waals surface area contributed by atoms with Gasteiger partial charge in [-0.2, -0.15) is 0 Å². The van der Waals surface area contributed by atoms with E-state index in [1.807, 2.05) is 19.9 Å². The molecule has 0 aliphatic rings. The zero-order valence-corrected chi connectivity index (χ0v) is 13.7. The maximum absolute atomic E-state index is 12.8. The van der Waals surface area contributed by atoms with E-state index in [2.05, 4.69) is 27.4 Å². The van der Waals surface area contributed by atoms with Gasteiger partial charge in [0.15, 0.2) is 5.16 Å². The van der Waals surface area contributed by atoms with Gasteiger partial charge in [-0.3, -0.25) is 15.6 Å². The number of rotatable bonds is 6. The van der Waals surface area contributed by atoms with Crippen LogP contribution < -0.4 is 10.9 Å². The molecule has 0 saturated heterocycles. The normalized spacial score (nSPS) is 10.2. The summed E-state index contributed by atoms with van der Waals surface area (Å²) < 4.78 is 12.8. The van der Waals surface area contributed by atoms with E-state index in [1.165, 1.54) is 23.9 Å². The summed E-state index contributed by atoms with van der Waals surface area (Å²) in [5.74, 6) is -0.386. The Morgan fingerprint density at radius 3 is 2.39 bits per heavy atom. The number of thioether (sulfide) groups is 1. The molecule has 0 spiro atoms. The fourth-order valence-electron chi connectivity index (χ4n) is 1.79. The number of hydrogen-bond donors (Lipinski definition) is 2. The first-order chi connectivity index (χ1) is 10.9. The molecule has 0 radical (unpaired) electrons. The van der Waals surface area contributed by atoms with Crippen LogP contribution in [0, 0.1) is 19.7 Å². The number of halogens is 1. The molecule has 0 fully saturated rings. The van der Waals surface area contributed by atoms with Crippen molar-refractivity contribution in [2.24, 2.45) is 0 Å². The molecule has 0 aliphatic carbocycles. The molecular weight excluding hydrogens is 315 g/mol. The van der Waals surface area contributed by atoms with Crippen LogP contribution in [0.4, 0.5) is 4.39 Å². The van der Waals surface area contributed by atoms with Gasteiger partial charge in [-0.25, -0.2) is 14.4 Å². The SMILES string of the molecule is C=C(NNC(=O)CSc1nc(C)cc(C)n1)c1ccc(F)cc1. The molecular formula is C16H17FN4OS. The van der Waals surface area contributed by atoms with Gasteiger partial charge in [-0.05, 0) is 49.7 Å². The number of carbonyl (C=O) groups is 1. The number of nitrogens with one attached hydrogen (secondary N) is 2. The van der Waals surface area contributed by atoms with Gasteiger partial charge in [0, 0.05) is 11.4 Å². The minimum atomic E-state index is -0.324. The van der Waals surface area contributed by atoms with Gasteiger partial charge in [-0.1, -0.05) is 18.3 Å². The number of aryl methyl sites for hydroxylation is 2. The summed E-state index contributed by atoms with van der Waals surface area (Å²) >= 11 is 1.25. The molecule has 1 heterocycles. The molecule has 1 aromatic heterocycles. The predicted molar refractivity (Wildman–Crippen MR) is 88.9 cm³/mol. The molecule has 0 bridgehead atoms. The molecule has 120 valence electrons. The third-order valence-corrected chi connectivity index (χ3v) is 3.69.